The lowest BCUT2D eigenvalue weighted by atomic mass is 10.1. The molecule has 1 heterocycles. The molecule has 2 rings (SSSR count). The molecule has 2 aromatic rings. The number of allylic oxidation sites excluding steroid dienone is 1. The summed E-state index contributed by atoms with van der Waals surface area (Å²) in [6, 6.07) is 5.53. The minimum atomic E-state index is -2.88. The normalized spacial score (nSPS) is 11.3. The van der Waals surface area contributed by atoms with Crippen LogP contribution in [0.25, 0.3) is 6.08 Å². The first-order valence-electron chi connectivity index (χ1n) is 6.50. The first-order valence-corrected chi connectivity index (χ1v) is 7.29. The van der Waals surface area contributed by atoms with Gasteiger partial charge >= 0.3 is 6.61 Å². The minimum Gasteiger partial charge on any atom is -0.435 e. The third-order valence-corrected chi connectivity index (χ3v) is 3.43. The Morgan fingerprint density at radius 2 is 2.09 bits per heavy atom. The van der Waals surface area contributed by atoms with Gasteiger partial charge in [0.15, 0.2) is 5.78 Å². The Morgan fingerprint density at radius 3 is 2.64 bits per heavy atom. The number of alkyl halides is 2. The second kappa shape index (κ2) is 7.31. The zero-order chi connectivity index (χ0) is 16.1. The Labute approximate surface area is 134 Å². The van der Waals surface area contributed by atoms with Crippen molar-refractivity contribution in [2.75, 3.05) is 0 Å². The molecule has 0 saturated carbocycles. The summed E-state index contributed by atoms with van der Waals surface area (Å²) < 4.78 is 30.8. The molecule has 1 aromatic heterocycles. The van der Waals surface area contributed by atoms with Crippen molar-refractivity contribution in [3.8, 4) is 5.75 Å². The second-order valence-electron chi connectivity index (χ2n) is 4.32. The van der Waals surface area contributed by atoms with Gasteiger partial charge in [0.25, 0.3) is 0 Å². The predicted octanol–water partition coefficient (Wildman–Crippen LogP) is 4.16. The molecule has 0 bridgehead atoms. The van der Waals surface area contributed by atoms with Crippen molar-refractivity contribution >= 4 is 27.8 Å². The molecule has 1 aromatic carbocycles. The van der Waals surface area contributed by atoms with Crippen LogP contribution in [0.1, 0.15) is 23.0 Å². The number of benzene rings is 1. The van der Waals surface area contributed by atoms with Gasteiger partial charge in [-0.3, -0.25) is 9.48 Å². The number of hydrogen-bond donors (Lipinski definition) is 0. The van der Waals surface area contributed by atoms with Crippen molar-refractivity contribution in [1.82, 2.24) is 9.78 Å². The molecular weight excluding hydrogens is 358 g/mol. The van der Waals surface area contributed by atoms with Crippen LogP contribution in [0.4, 0.5) is 8.78 Å². The maximum Gasteiger partial charge on any atom is 0.387 e. The number of aromatic nitrogens is 2. The Morgan fingerprint density at radius 1 is 1.41 bits per heavy atom. The van der Waals surface area contributed by atoms with Gasteiger partial charge in [-0.05, 0) is 59.3 Å². The summed E-state index contributed by atoms with van der Waals surface area (Å²) >= 11 is 3.36. The van der Waals surface area contributed by atoms with E-state index < -0.39 is 6.61 Å². The molecular formula is C15H13BrF2N2O2. The number of carbonyl (C=O) groups excluding carboxylic acids is 1. The second-order valence-corrected chi connectivity index (χ2v) is 5.17. The number of aryl methyl sites for hydroxylation is 1. The average Bonchev–Trinajstić information content (AvgIpc) is 2.85. The van der Waals surface area contributed by atoms with Gasteiger partial charge in [-0.1, -0.05) is 0 Å². The fourth-order valence-electron chi connectivity index (χ4n) is 1.74. The first-order chi connectivity index (χ1) is 10.5. The highest BCUT2D eigenvalue weighted by Gasteiger charge is 2.07. The molecule has 0 saturated heterocycles. The zero-order valence-electron chi connectivity index (χ0n) is 11.7. The third-order valence-electron chi connectivity index (χ3n) is 2.82. The number of hydrogen-bond acceptors (Lipinski definition) is 3. The molecule has 0 aliphatic rings. The van der Waals surface area contributed by atoms with E-state index in [4.69, 9.17) is 0 Å². The molecule has 0 amide bonds. The van der Waals surface area contributed by atoms with Crippen molar-refractivity contribution < 1.29 is 18.3 Å². The van der Waals surface area contributed by atoms with E-state index in [2.05, 4.69) is 25.8 Å². The number of carbonyl (C=O) groups is 1. The van der Waals surface area contributed by atoms with Crippen molar-refractivity contribution in [2.45, 2.75) is 20.1 Å². The van der Waals surface area contributed by atoms with Gasteiger partial charge in [0.2, 0.25) is 0 Å². The van der Waals surface area contributed by atoms with Crippen LogP contribution < -0.4 is 4.74 Å². The standard InChI is InChI=1S/C15H13BrF2N2O2/c1-2-20-9-12(16)13(19-20)7-8-14(21)10-3-5-11(6-4-10)22-15(17)18/h3-9,15H,2H2,1H3/b8-7+. The molecule has 7 heteroatoms. The van der Waals surface area contributed by atoms with E-state index in [0.29, 0.717) is 11.3 Å². The summed E-state index contributed by atoms with van der Waals surface area (Å²) in [5, 5.41) is 4.27. The van der Waals surface area contributed by atoms with Crippen molar-refractivity contribution in [1.29, 1.82) is 0 Å². The number of nitrogens with zero attached hydrogens (tertiary/aromatic N) is 2. The number of halogens is 3. The largest absolute Gasteiger partial charge is 0.435 e. The van der Waals surface area contributed by atoms with E-state index in [1.165, 1.54) is 30.3 Å². The average molecular weight is 371 g/mol. The van der Waals surface area contributed by atoms with Gasteiger partial charge in [0, 0.05) is 18.3 Å². The number of rotatable bonds is 6. The number of ether oxygens (including phenoxy) is 1. The SMILES string of the molecule is CCn1cc(Br)c(/C=C/C(=O)c2ccc(OC(F)F)cc2)n1. The van der Waals surface area contributed by atoms with Crippen molar-refractivity contribution in [3.05, 3.63) is 52.3 Å². The molecule has 22 heavy (non-hydrogen) atoms. The Kier molecular flexibility index (Phi) is 5.43. The maximum absolute atomic E-state index is 12.0. The molecule has 0 atom stereocenters. The van der Waals surface area contributed by atoms with Gasteiger partial charge < -0.3 is 4.74 Å². The molecule has 4 nitrogen and oxygen atoms in total. The summed E-state index contributed by atoms with van der Waals surface area (Å²) in [4.78, 5) is 12.0. The van der Waals surface area contributed by atoms with Gasteiger partial charge in [0.1, 0.15) is 5.75 Å². The molecule has 0 fully saturated rings. The molecule has 0 N–H and O–H groups in total. The smallest absolute Gasteiger partial charge is 0.387 e. The molecule has 0 aliphatic heterocycles. The molecule has 0 radical (unpaired) electrons. The molecule has 0 unspecified atom stereocenters. The van der Waals surface area contributed by atoms with Crippen LogP contribution in [-0.2, 0) is 6.54 Å². The first kappa shape index (κ1) is 16.4. The maximum atomic E-state index is 12.0. The highest BCUT2D eigenvalue weighted by Crippen LogP contribution is 2.18. The summed E-state index contributed by atoms with van der Waals surface area (Å²) in [5.41, 5.74) is 1.02. The Balaban J connectivity index is 2.08. The predicted molar refractivity (Wildman–Crippen MR) is 82.0 cm³/mol. The van der Waals surface area contributed by atoms with Crippen LogP contribution in [0.5, 0.6) is 5.75 Å². The van der Waals surface area contributed by atoms with E-state index in [9.17, 15) is 13.6 Å². The zero-order valence-corrected chi connectivity index (χ0v) is 13.3. The van der Waals surface area contributed by atoms with Crippen LogP contribution >= 0.6 is 15.9 Å². The third kappa shape index (κ3) is 4.24. The summed E-state index contributed by atoms with van der Waals surface area (Å²) in [6.07, 6.45) is 4.80. The van der Waals surface area contributed by atoms with Crippen LogP contribution in [-0.4, -0.2) is 22.2 Å². The van der Waals surface area contributed by atoms with Crippen LogP contribution in [0.15, 0.2) is 41.0 Å². The van der Waals surface area contributed by atoms with Gasteiger partial charge in [-0.25, -0.2) is 0 Å². The van der Waals surface area contributed by atoms with Gasteiger partial charge in [0.05, 0.1) is 10.2 Å². The van der Waals surface area contributed by atoms with E-state index in [1.807, 2.05) is 13.1 Å². The lowest BCUT2D eigenvalue weighted by Gasteiger charge is -2.04. The van der Waals surface area contributed by atoms with Crippen LogP contribution in [0.2, 0.25) is 0 Å². The van der Waals surface area contributed by atoms with E-state index >= 15 is 0 Å². The fourth-order valence-corrected chi connectivity index (χ4v) is 2.19. The Bertz CT molecular complexity index is 681. The van der Waals surface area contributed by atoms with Crippen LogP contribution in [0.3, 0.4) is 0 Å². The van der Waals surface area contributed by atoms with Gasteiger partial charge in [-0.15, -0.1) is 0 Å². The quantitative estimate of drug-likeness (QED) is 0.566. The Hall–Kier alpha value is -2.02. The number of ketones is 1. The lowest BCUT2D eigenvalue weighted by molar-refractivity contribution is -0.0498. The fraction of sp³-hybridized carbons (Fsp3) is 0.200. The molecule has 116 valence electrons. The van der Waals surface area contributed by atoms with Crippen molar-refractivity contribution in [3.63, 3.8) is 0 Å². The van der Waals surface area contributed by atoms with E-state index in [0.717, 1.165) is 11.0 Å². The summed E-state index contributed by atoms with van der Waals surface area (Å²) in [6.45, 7) is -0.194. The van der Waals surface area contributed by atoms with Crippen molar-refractivity contribution in [2.24, 2.45) is 0 Å². The molecule has 0 aliphatic carbocycles. The highest BCUT2D eigenvalue weighted by molar-refractivity contribution is 9.10. The lowest BCUT2D eigenvalue weighted by Crippen LogP contribution is -2.02. The summed E-state index contributed by atoms with van der Waals surface area (Å²) in [7, 11) is 0. The monoisotopic (exact) mass is 370 g/mol. The van der Waals surface area contributed by atoms with E-state index in [1.54, 1.807) is 10.8 Å². The topological polar surface area (TPSA) is 44.1 Å². The van der Waals surface area contributed by atoms with E-state index in [-0.39, 0.29) is 11.5 Å². The minimum absolute atomic E-state index is 0.0139. The van der Waals surface area contributed by atoms with Crippen LogP contribution in [0, 0.1) is 0 Å². The molecule has 0 spiro atoms. The summed E-state index contributed by atoms with van der Waals surface area (Å²) in [5.74, 6) is -0.235. The van der Waals surface area contributed by atoms with Gasteiger partial charge in [-0.2, -0.15) is 13.9 Å². The highest BCUT2D eigenvalue weighted by atomic mass is 79.9.